The van der Waals surface area contributed by atoms with Crippen molar-refractivity contribution in [2.45, 2.75) is 6.92 Å². The molecule has 2 aromatic heterocycles. The lowest BCUT2D eigenvalue weighted by Crippen LogP contribution is -1.92. The average Bonchev–Trinajstić information content (AvgIpc) is 2.78. The van der Waals surface area contributed by atoms with Gasteiger partial charge in [0.2, 0.25) is 0 Å². The summed E-state index contributed by atoms with van der Waals surface area (Å²) < 4.78 is 1.96. The summed E-state index contributed by atoms with van der Waals surface area (Å²) in [6.07, 6.45) is 1.83. The van der Waals surface area contributed by atoms with Crippen LogP contribution in [0.5, 0.6) is 0 Å². The summed E-state index contributed by atoms with van der Waals surface area (Å²) in [5.41, 5.74) is 4.72. The van der Waals surface area contributed by atoms with Crippen LogP contribution in [0.25, 0.3) is 16.8 Å². The Bertz CT molecular complexity index is 621. The number of aryl methyl sites for hydroxylation is 1. The van der Waals surface area contributed by atoms with E-state index >= 15 is 0 Å². The first-order chi connectivity index (χ1) is 7.84. The first-order valence-corrected chi connectivity index (χ1v) is 5.34. The van der Waals surface area contributed by atoms with Crippen molar-refractivity contribution in [1.29, 1.82) is 0 Å². The average molecular weight is 208 g/mol. The van der Waals surface area contributed by atoms with Gasteiger partial charge in [0.15, 0.2) is 0 Å². The van der Waals surface area contributed by atoms with Crippen LogP contribution in [0.3, 0.4) is 0 Å². The molecule has 0 amide bonds. The van der Waals surface area contributed by atoms with Crippen molar-refractivity contribution in [2.75, 3.05) is 0 Å². The number of pyridine rings is 1. The normalized spacial score (nSPS) is 10.8. The number of benzene rings is 1. The van der Waals surface area contributed by atoms with Gasteiger partial charge in [0.1, 0.15) is 0 Å². The van der Waals surface area contributed by atoms with E-state index in [1.807, 2.05) is 16.8 Å². The monoisotopic (exact) mass is 208 g/mol. The molecule has 0 unspecified atom stereocenters. The fraction of sp³-hybridized carbons (Fsp3) is 0.0714. The van der Waals surface area contributed by atoms with Crippen LogP contribution < -0.4 is 0 Å². The number of aromatic nitrogens is 2. The zero-order valence-corrected chi connectivity index (χ0v) is 9.09. The quantitative estimate of drug-likeness (QED) is 0.599. The molecule has 0 spiro atoms. The minimum Gasteiger partial charge on any atom is -0.233 e. The smallest absolute Gasteiger partial charge is 0.0724 e. The molecule has 2 heteroatoms. The van der Waals surface area contributed by atoms with Crippen LogP contribution in [0.15, 0.2) is 54.7 Å². The van der Waals surface area contributed by atoms with Crippen LogP contribution in [0.4, 0.5) is 0 Å². The highest BCUT2D eigenvalue weighted by Gasteiger charge is 2.02. The summed E-state index contributed by atoms with van der Waals surface area (Å²) in [6.45, 7) is 2.10. The standard InChI is InChI=1S/C14H12N2/c1-11-5-7-12(8-6-11)14-4-2-3-13-9-10-15-16(13)14/h2-10H,1H3. The molecule has 0 atom stereocenters. The molecule has 3 aromatic rings. The molecule has 0 N–H and O–H groups in total. The van der Waals surface area contributed by atoms with E-state index in [0.717, 1.165) is 11.2 Å². The molecule has 0 fully saturated rings. The summed E-state index contributed by atoms with van der Waals surface area (Å²) in [5, 5.41) is 4.33. The van der Waals surface area contributed by atoms with Gasteiger partial charge in [-0.25, -0.2) is 4.52 Å². The first-order valence-electron chi connectivity index (χ1n) is 5.34. The van der Waals surface area contributed by atoms with Crippen LogP contribution in [0.2, 0.25) is 0 Å². The Kier molecular flexibility index (Phi) is 2.00. The van der Waals surface area contributed by atoms with Crippen molar-refractivity contribution in [1.82, 2.24) is 9.61 Å². The van der Waals surface area contributed by atoms with Crippen molar-refractivity contribution in [3.05, 3.63) is 60.3 Å². The Balaban J connectivity index is 2.25. The molecule has 16 heavy (non-hydrogen) atoms. The summed E-state index contributed by atoms with van der Waals surface area (Å²) in [4.78, 5) is 0. The lowest BCUT2D eigenvalue weighted by molar-refractivity contribution is 0.969. The first kappa shape index (κ1) is 9.16. The molecular formula is C14H12N2. The van der Waals surface area contributed by atoms with Gasteiger partial charge in [0, 0.05) is 5.56 Å². The van der Waals surface area contributed by atoms with Crippen LogP contribution in [-0.4, -0.2) is 9.61 Å². The van der Waals surface area contributed by atoms with E-state index in [2.05, 4.69) is 54.5 Å². The zero-order valence-electron chi connectivity index (χ0n) is 9.09. The largest absolute Gasteiger partial charge is 0.233 e. The molecule has 0 saturated heterocycles. The van der Waals surface area contributed by atoms with Crippen LogP contribution in [-0.2, 0) is 0 Å². The highest BCUT2D eigenvalue weighted by atomic mass is 15.2. The minimum atomic E-state index is 1.12. The molecule has 0 aliphatic rings. The second kappa shape index (κ2) is 3.49. The van der Waals surface area contributed by atoms with Gasteiger partial charge in [-0.2, -0.15) is 5.10 Å². The van der Waals surface area contributed by atoms with Crippen LogP contribution in [0.1, 0.15) is 5.56 Å². The Hall–Kier alpha value is -2.09. The van der Waals surface area contributed by atoms with Gasteiger partial charge in [0.05, 0.1) is 17.4 Å². The molecule has 0 radical (unpaired) electrons. The van der Waals surface area contributed by atoms with Gasteiger partial charge < -0.3 is 0 Å². The summed E-state index contributed by atoms with van der Waals surface area (Å²) in [6, 6.07) is 16.7. The van der Waals surface area contributed by atoms with Crippen molar-refractivity contribution >= 4 is 5.52 Å². The van der Waals surface area contributed by atoms with E-state index in [9.17, 15) is 0 Å². The predicted octanol–water partition coefficient (Wildman–Crippen LogP) is 3.31. The summed E-state index contributed by atoms with van der Waals surface area (Å²) in [7, 11) is 0. The van der Waals surface area contributed by atoms with E-state index in [1.165, 1.54) is 11.1 Å². The SMILES string of the molecule is Cc1ccc(-c2cccc3ccnn23)cc1. The van der Waals surface area contributed by atoms with Crippen molar-refractivity contribution in [3.8, 4) is 11.3 Å². The molecule has 78 valence electrons. The van der Waals surface area contributed by atoms with Crippen LogP contribution >= 0.6 is 0 Å². The highest BCUT2D eigenvalue weighted by molar-refractivity contribution is 5.64. The Morgan fingerprint density at radius 3 is 2.56 bits per heavy atom. The van der Waals surface area contributed by atoms with Gasteiger partial charge in [0.25, 0.3) is 0 Å². The minimum absolute atomic E-state index is 1.12. The second-order valence-corrected chi connectivity index (χ2v) is 3.94. The molecular weight excluding hydrogens is 196 g/mol. The Labute approximate surface area is 94.2 Å². The van der Waals surface area contributed by atoms with E-state index in [-0.39, 0.29) is 0 Å². The molecule has 1 aromatic carbocycles. The lowest BCUT2D eigenvalue weighted by Gasteiger charge is -2.05. The van der Waals surface area contributed by atoms with Crippen LogP contribution in [0, 0.1) is 6.92 Å². The third-order valence-electron chi connectivity index (χ3n) is 2.77. The number of hydrogen-bond donors (Lipinski definition) is 0. The van der Waals surface area contributed by atoms with E-state index in [1.54, 1.807) is 0 Å². The Morgan fingerprint density at radius 2 is 1.75 bits per heavy atom. The van der Waals surface area contributed by atoms with Crippen molar-refractivity contribution in [3.63, 3.8) is 0 Å². The molecule has 0 aliphatic carbocycles. The Morgan fingerprint density at radius 1 is 0.938 bits per heavy atom. The van der Waals surface area contributed by atoms with Gasteiger partial charge in [-0.05, 0) is 25.1 Å². The number of rotatable bonds is 1. The fourth-order valence-corrected chi connectivity index (χ4v) is 1.89. The number of hydrogen-bond acceptors (Lipinski definition) is 1. The maximum Gasteiger partial charge on any atom is 0.0724 e. The van der Waals surface area contributed by atoms with Crippen molar-refractivity contribution in [2.24, 2.45) is 0 Å². The zero-order chi connectivity index (χ0) is 11.0. The third kappa shape index (κ3) is 1.39. The number of nitrogens with zero attached hydrogens (tertiary/aromatic N) is 2. The highest BCUT2D eigenvalue weighted by Crippen LogP contribution is 2.20. The molecule has 0 saturated carbocycles. The summed E-state index contributed by atoms with van der Waals surface area (Å²) >= 11 is 0. The molecule has 2 heterocycles. The van der Waals surface area contributed by atoms with Gasteiger partial charge in [-0.15, -0.1) is 0 Å². The van der Waals surface area contributed by atoms with Gasteiger partial charge in [-0.1, -0.05) is 35.9 Å². The molecule has 2 nitrogen and oxygen atoms in total. The fourth-order valence-electron chi connectivity index (χ4n) is 1.89. The van der Waals surface area contributed by atoms with E-state index in [4.69, 9.17) is 0 Å². The molecule has 0 bridgehead atoms. The molecule has 3 rings (SSSR count). The topological polar surface area (TPSA) is 17.3 Å². The second-order valence-electron chi connectivity index (χ2n) is 3.94. The van der Waals surface area contributed by atoms with Gasteiger partial charge >= 0.3 is 0 Å². The van der Waals surface area contributed by atoms with Crippen molar-refractivity contribution < 1.29 is 0 Å². The number of fused-ring (bicyclic) bond motifs is 1. The van der Waals surface area contributed by atoms with E-state index < -0.39 is 0 Å². The van der Waals surface area contributed by atoms with E-state index in [0.29, 0.717) is 0 Å². The van der Waals surface area contributed by atoms with Gasteiger partial charge in [-0.3, -0.25) is 0 Å². The molecule has 0 aliphatic heterocycles. The maximum absolute atomic E-state index is 4.33. The lowest BCUT2D eigenvalue weighted by atomic mass is 10.1. The summed E-state index contributed by atoms with van der Waals surface area (Å²) in [5.74, 6) is 0. The predicted molar refractivity (Wildman–Crippen MR) is 65.4 cm³/mol. The maximum atomic E-state index is 4.33. The third-order valence-corrected chi connectivity index (χ3v) is 2.77.